The Morgan fingerprint density at radius 3 is 2.10 bits per heavy atom. The van der Waals surface area contributed by atoms with Crippen molar-refractivity contribution in [2.45, 2.75) is 79.0 Å². The highest BCUT2D eigenvalue weighted by Crippen LogP contribution is 2.15. The Morgan fingerprint density at radius 2 is 1.65 bits per heavy atom. The fraction of sp³-hybridized carbons (Fsp3) is 0.867. The molecular formula is C15H30N2O3. The smallest absolute Gasteiger partial charge is 0.407 e. The molecule has 0 radical (unpaired) electrons. The van der Waals surface area contributed by atoms with Crippen molar-refractivity contribution in [3.8, 4) is 0 Å². The summed E-state index contributed by atoms with van der Waals surface area (Å²) in [7, 11) is 0. The molecule has 5 heteroatoms. The Labute approximate surface area is 122 Å². The Balaban J connectivity index is 4.12. The van der Waals surface area contributed by atoms with Gasteiger partial charge >= 0.3 is 6.09 Å². The van der Waals surface area contributed by atoms with E-state index in [4.69, 9.17) is 4.74 Å². The molecule has 0 rings (SSSR count). The lowest BCUT2D eigenvalue weighted by Crippen LogP contribution is -2.45. The van der Waals surface area contributed by atoms with E-state index in [9.17, 15) is 9.59 Å². The molecule has 1 unspecified atom stereocenters. The summed E-state index contributed by atoms with van der Waals surface area (Å²) in [6.07, 6.45) is 0.888. The molecule has 0 saturated carbocycles. The molecule has 0 spiro atoms. The Kier molecular flexibility index (Phi) is 7.61. The van der Waals surface area contributed by atoms with Crippen molar-refractivity contribution in [2.75, 3.05) is 0 Å². The highest BCUT2D eigenvalue weighted by atomic mass is 16.6. The molecule has 0 fully saturated rings. The first-order valence-corrected chi connectivity index (χ1v) is 7.32. The van der Waals surface area contributed by atoms with Gasteiger partial charge in [0, 0.05) is 17.5 Å². The highest BCUT2D eigenvalue weighted by Gasteiger charge is 2.23. The van der Waals surface area contributed by atoms with Crippen LogP contribution in [0.4, 0.5) is 4.79 Å². The van der Waals surface area contributed by atoms with E-state index >= 15 is 0 Å². The molecule has 20 heavy (non-hydrogen) atoms. The maximum absolute atomic E-state index is 11.7. The lowest BCUT2D eigenvalue weighted by molar-refractivity contribution is -0.125. The minimum absolute atomic E-state index is 0.0280. The minimum Gasteiger partial charge on any atom is -0.447 e. The molecule has 2 amide bonds. The van der Waals surface area contributed by atoms with E-state index in [1.165, 1.54) is 0 Å². The van der Waals surface area contributed by atoms with Crippen LogP contribution in [0.3, 0.4) is 0 Å². The summed E-state index contributed by atoms with van der Waals surface area (Å²) in [5.74, 6) is 0.0147. The van der Waals surface area contributed by atoms with Crippen molar-refractivity contribution in [3.63, 3.8) is 0 Å². The van der Waals surface area contributed by atoms with Crippen molar-refractivity contribution >= 4 is 12.0 Å². The van der Waals surface area contributed by atoms with Crippen LogP contribution in [0.25, 0.3) is 0 Å². The monoisotopic (exact) mass is 286 g/mol. The summed E-state index contributed by atoms with van der Waals surface area (Å²) >= 11 is 0. The van der Waals surface area contributed by atoms with Crippen molar-refractivity contribution in [1.29, 1.82) is 0 Å². The van der Waals surface area contributed by atoms with Crippen LogP contribution in [0.1, 0.15) is 61.3 Å². The number of carbonyl (C=O) groups is 2. The van der Waals surface area contributed by atoms with Gasteiger partial charge in [0.1, 0.15) is 6.10 Å². The lowest BCUT2D eigenvalue weighted by atomic mass is 9.95. The summed E-state index contributed by atoms with van der Waals surface area (Å²) in [6.45, 7) is 13.3. The summed E-state index contributed by atoms with van der Waals surface area (Å²) in [6, 6.07) is 0.0662. The van der Waals surface area contributed by atoms with Crippen molar-refractivity contribution in [2.24, 2.45) is 5.92 Å². The van der Waals surface area contributed by atoms with Crippen molar-refractivity contribution in [1.82, 2.24) is 10.6 Å². The van der Waals surface area contributed by atoms with Crippen LogP contribution < -0.4 is 10.6 Å². The first kappa shape index (κ1) is 18.7. The maximum atomic E-state index is 11.7. The van der Waals surface area contributed by atoms with Gasteiger partial charge in [-0.15, -0.1) is 0 Å². The molecule has 1 atom stereocenters. The fourth-order valence-corrected chi connectivity index (χ4v) is 1.62. The summed E-state index contributed by atoms with van der Waals surface area (Å²) < 4.78 is 5.25. The number of hydrogen-bond donors (Lipinski definition) is 2. The molecular weight excluding hydrogens is 256 g/mol. The average molecular weight is 286 g/mol. The number of amides is 2. The van der Waals surface area contributed by atoms with Crippen molar-refractivity contribution < 1.29 is 14.3 Å². The zero-order valence-electron chi connectivity index (χ0n) is 13.9. The number of carbonyl (C=O) groups excluding carboxylic acids is 2. The van der Waals surface area contributed by atoms with Gasteiger partial charge in [0.2, 0.25) is 5.91 Å². The zero-order chi connectivity index (χ0) is 15.9. The molecule has 118 valence electrons. The molecule has 0 bridgehead atoms. The topological polar surface area (TPSA) is 67.4 Å². The Morgan fingerprint density at radius 1 is 1.10 bits per heavy atom. The van der Waals surface area contributed by atoms with Gasteiger partial charge in [0.25, 0.3) is 0 Å². The molecule has 0 heterocycles. The molecule has 0 saturated heterocycles. The van der Waals surface area contributed by atoms with E-state index in [0.29, 0.717) is 6.42 Å². The predicted molar refractivity (Wildman–Crippen MR) is 80.5 cm³/mol. The molecule has 5 nitrogen and oxygen atoms in total. The van der Waals surface area contributed by atoms with E-state index < -0.39 is 6.09 Å². The van der Waals surface area contributed by atoms with Crippen LogP contribution in [0.5, 0.6) is 0 Å². The van der Waals surface area contributed by atoms with E-state index in [1.807, 2.05) is 48.5 Å². The number of hydrogen-bond acceptors (Lipinski definition) is 3. The van der Waals surface area contributed by atoms with E-state index in [2.05, 4.69) is 10.6 Å². The second-order valence-corrected chi connectivity index (χ2v) is 6.58. The number of rotatable bonds is 7. The number of ether oxygens (including phenoxy) is 1. The van der Waals surface area contributed by atoms with Gasteiger partial charge in [-0.25, -0.2) is 4.79 Å². The van der Waals surface area contributed by atoms with Gasteiger partial charge in [-0.2, -0.15) is 0 Å². The van der Waals surface area contributed by atoms with Gasteiger partial charge in [0.05, 0.1) is 0 Å². The molecule has 0 aliphatic heterocycles. The van der Waals surface area contributed by atoms with Gasteiger partial charge < -0.3 is 15.4 Å². The third kappa shape index (κ3) is 8.77. The second-order valence-electron chi connectivity index (χ2n) is 6.58. The Bertz CT molecular complexity index is 325. The van der Waals surface area contributed by atoms with Gasteiger partial charge in [-0.1, -0.05) is 13.8 Å². The largest absolute Gasteiger partial charge is 0.447 e. The van der Waals surface area contributed by atoms with E-state index in [1.54, 1.807) is 0 Å². The van der Waals surface area contributed by atoms with Crippen LogP contribution in [0.15, 0.2) is 0 Å². The predicted octanol–water partition coefficient (Wildman–Crippen LogP) is 2.84. The standard InChI is InChI=1S/C15H30N2O3/c1-10(2)13(18)17-15(6,7)9-8-12(5)20-14(19)16-11(3)4/h10-12H,8-9H2,1-7H3,(H,16,19)(H,17,18). The van der Waals surface area contributed by atoms with E-state index in [-0.39, 0.29) is 29.5 Å². The molecule has 0 aromatic heterocycles. The molecule has 0 aliphatic carbocycles. The third-order valence-electron chi connectivity index (χ3n) is 2.88. The molecule has 0 aromatic carbocycles. The van der Waals surface area contributed by atoms with Crippen LogP contribution in [0, 0.1) is 5.92 Å². The SMILES string of the molecule is CC(C)NC(=O)OC(C)CCC(C)(C)NC(=O)C(C)C. The van der Waals surface area contributed by atoms with Gasteiger partial charge in [-0.05, 0) is 47.5 Å². The fourth-order valence-electron chi connectivity index (χ4n) is 1.62. The number of alkyl carbamates (subject to hydrolysis) is 1. The summed E-state index contributed by atoms with van der Waals surface area (Å²) in [5.41, 5.74) is -0.298. The maximum Gasteiger partial charge on any atom is 0.407 e. The van der Waals surface area contributed by atoms with Crippen LogP contribution >= 0.6 is 0 Å². The summed E-state index contributed by atoms with van der Waals surface area (Å²) in [4.78, 5) is 23.1. The quantitative estimate of drug-likeness (QED) is 0.756. The zero-order valence-corrected chi connectivity index (χ0v) is 13.9. The molecule has 0 aliphatic rings. The first-order chi connectivity index (χ1) is 9.03. The van der Waals surface area contributed by atoms with Crippen LogP contribution in [-0.2, 0) is 9.53 Å². The first-order valence-electron chi connectivity index (χ1n) is 7.32. The molecule has 2 N–H and O–H groups in total. The van der Waals surface area contributed by atoms with Crippen LogP contribution in [0.2, 0.25) is 0 Å². The minimum atomic E-state index is -0.392. The van der Waals surface area contributed by atoms with Crippen LogP contribution in [-0.4, -0.2) is 29.7 Å². The number of nitrogens with one attached hydrogen (secondary N) is 2. The highest BCUT2D eigenvalue weighted by molar-refractivity contribution is 5.78. The Hall–Kier alpha value is -1.26. The third-order valence-corrected chi connectivity index (χ3v) is 2.88. The average Bonchev–Trinajstić information content (AvgIpc) is 2.24. The molecule has 0 aromatic rings. The normalized spacial score (nSPS) is 13.2. The van der Waals surface area contributed by atoms with Crippen molar-refractivity contribution in [3.05, 3.63) is 0 Å². The summed E-state index contributed by atoms with van der Waals surface area (Å²) in [5, 5.41) is 5.69. The van der Waals surface area contributed by atoms with E-state index in [0.717, 1.165) is 6.42 Å². The van der Waals surface area contributed by atoms with Gasteiger partial charge in [0.15, 0.2) is 0 Å². The lowest BCUT2D eigenvalue weighted by Gasteiger charge is -2.28. The second kappa shape index (κ2) is 8.12. The van der Waals surface area contributed by atoms with Gasteiger partial charge in [-0.3, -0.25) is 4.79 Å².